The number of carbonyl (C=O) groups excluding carboxylic acids is 2. The fourth-order valence-electron chi connectivity index (χ4n) is 2.55. The molecule has 0 aliphatic heterocycles. The molecule has 2 rings (SSSR count). The summed E-state index contributed by atoms with van der Waals surface area (Å²) in [4.78, 5) is 34.4. The molecule has 1 N–H and O–H groups in total. The summed E-state index contributed by atoms with van der Waals surface area (Å²) in [5, 5.41) is 8.15. The van der Waals surface area contributed by atoms with Gasteiger partial charge in [-0.2, -0.15) is 0 Å². The van der Waals surface area contributed by atoms with Crippen molar-refractivity contribution in [3.8, 4) is 5.75 Å². The van der Waals surface area contributed by atoms with Gasteiger partial charge < -0.3 is 14.6 Å². The fourth-order valence-corrected chi connectivity index (χ4v) is 3.27. The second-order valence-electron chi connectivity index (χ2n) is 5.98. The lowest BCUT2D eigenvalue weighted by Crippen LogP contribution is -2.21. The Balaban J connectivity index is 2.05. The third-order valence-corrected chi connectivity index (χ3v) is 5.23. The summed E-state index contributed by atoms with van der Waals surface area (Å²) in [6.07, 6.45) is 6.51. The second kappa shape index (κ2) is 9.44. The van der Waals surface area contributed by atoms with Gasteiger partial charge in [-0.05, 0) is 24.8 Å². The van der Waals surface area contributed by atoms with Crippen LogP contribution in [0.15, 0.2) is 6.07 Å². The second-order valence-corrected chi connectivity index (χ2v) is 7.17. The molecule has 0 amide bonds. The van der Waals surface area contributed by atoms with Gasteiger partial charge in [-0.25, -0.2) is 14.4 Å². The lowest BCUT2D eigenvalue weighted by atomic mass is 9.82. The van der Waals surface area contributed by atoms with E-state index in [1.807, 2.05) is 0 Å². The number of carboxylic acids is 1. The quantitative estimate of drug-likeness (QED) is 0.223. The van der Waals surface area contributed by atoms with E-state index < -0.39 is 23.7 Å². The molecule has 6 nitrogen and oxygen atoms in total. The van der Waals surface area contributed by atoms with E-state index in [4.69, 9.17) is 44.6 Å². The van der Waals surface area contributed by atoms with Crippen molar-refractivity contribution >= 4 is 52.7 Å². The van der Waals surface area contributed by atoms with Gasteiger partial charge in [0.25, 0.3) is 0 Å². The number of hydrogen-bond acceptors (Lipinski definition) is 5. The molecule has 0 bridgehead atoms. The van der Waals surface area contributed by atoms with Crippen molar-refractivity contribution in [3.05, 3.63) is 26.7 Å². The lowest BCUT2D eigenvalue weighted by molar-refractivity contribution is -0.158. The smallest absolute Gasteiger partial charge is 0.422 e. The highest BCUT2D eigenvalue weighted by Gasteiger charge is 2.27. The molecular formula is C17H17Cl3O6. The summed E-state index contributed by atoms with van der Waals surface area (Å²) in [7, 11) is 0. The van der Waals surface area contributed by atoms with Crippen LogP contribution in [-0.2, 0) is 14.3 Å². The Hall–Kier alpha value is -1.50. The zero-order valence-corrected chi connectivity index (χ0v) is 16.0. The first kappa shape index (κ1) is 20.8. The van der Waals surface area contributed by atoms with Crippen molar-refractivity contribution in [2.75, 3.05) is 6.61 Å². The SMILES string of the molecule is O=C(O)C(=O)Oc1c(Cl)cc(Cl)c(Cl)c1C(=O)OCCCCC1CCC1. The summed E-state index contributed by atoms with van der Waals surface area (Å²) in [5.41, 5.74) is -0.377. The Morgan fingerprint density at radius 3 is 2.38 bits per heavy atom. The highest BCUT2D eigenvalue weighted by atomic mass is 35.5. The summed E-state index contributed by atoms with van der Waals surface area (Å²) >= 11 is 17.8. The summed E-state index contributed by atoms with van der Waals surface area (Å²) < 4.78 is 9.82. The topological polar surface area (TPSA) is 89.9 Å². The molecule has 1 aromatic rings. The standard InChI is InChI=1S/C17H17Cl3O6/c18-10-8-11(19)14(26-17(24)15(21)22)12(13(10)20)16(23)25-7-2-1-4-9-5-3-6-9/h8-9H,1-7H2,(H,21,22). The third kappa shape index (κ3) is 5.25. The first-order valence-electron chi connectivity index (χ1n) is 8.11. The molecule has 9 heteroatoms. The van der Waals surface area contributed by atoms with Crippen LogP contribution in [0.5, 0.6) is 5.75 Å². The van der Waals surface area contributed by atoms with Gasteiger partial charge in [0.2, 0.25) is 0 Å². The van der Waals surface area contributed by atoms with Crippen molar-refractivity contribution in [2.45, 2.75) is 38.5 Å². The summed E-state index contributed by atoms with van der Waals surface area (Å²) in [5.74, 6) is -4.07. The van der Waals surface area contributed by atoms with Crippen LogP contribution in [0, 0.1) is 5.92 Å². The molecule has 1 aromatic carbocycles. The minimum atomic E-state index is -1.84. The molecule has 0 saturated heterocycles. The van der Waals surface area contributed by atoms with Gasteiger partial charge in [-0.3, -0.25) is 0 Å². The first-order valence-corrected chi connectivity index (χ1v) is 9.24. The maximum Gasteiger partial charge on any atom is 0.422 e. The number of aliphatic carboxylic acids is 1. The number of ether oxygens (including phenoxy) is 2. The van der Waals surface area contributed by atoms with Crippen LogP contribution in [0.3, 0.4) is 0 Å². The largest absolute Gasteiger partial charge is 0.473 e. The Labute approximate surface area is 165 Å². The molecule has 1 aliphatic rings. The highest BCUT2D eigenvalue weighted by molar-refractivity contribution is 6.46. The zero-order valence-electron chi connectivity index (χ0n) is 13.7. The van der Waals surface area contributed by atoms with Gasteiger partial charge in [0.15, 0.2) is 5.75 Å². The Morgan fingerprint density at radius 2 is 1.81 bits per heavy atom. The minimum Gasteiger partial charge on any atom is -0.473 e. The van der Waals surface area contributed by atoms with Gasteiger partial charge in [0, 0.05) is 0 Å². The number of unbranched alkanes of at least 4 members (excludes halogenated alkanes) is 1. The maximum absolute atomic E-state index is 12.3. The van der Waals surface area contributed by atoms with E-state index in [1.54, 1.807) is 0 Å². The number of carboxylic acid groups (broad SMARTS) is 1. The monoisotopic (exact) mass is 422 g/mol. The molecule has 0 heterocycles. The zero-order chi connectivity index (χ0) is 19.3. The number of carbonyl (C=O) groups is 3. The van der Waals surface area contributed by atoms with Crippen LogP contribution in [0.4, 0.5) is 0 Å². The number of hydrogen-bond donors (Lipinski definition) is 1. The highest BCUT2D eigenvalue weighted by Crippen LogP contribution is 2.40. The van der Waals surface area contributed by atoms with Gasteiger partial charge >= 0.3 is 17.9 Å². The predicted octanol–water partition coefficient (Wildman–Crippen LogP) is 4.76. The van der Waals surface area contributed by atoms with E-state index in [2.05, 4.69) is 4.74 Å². The molecule has 1 saturated carbocycles. The molecular weight excluding hydrogens is 407 g/mol. The lowest BCUT2D eigenvalue weighted by Gasteiger charge is -2.24. The number of halogens is 3. The molecule has 0 radical (unpaired) electrons. The van der Waals surface area contributed by atoms with Crippen molar-refractivity contribution in [1.29, 1.82) is 0 Å². The van der Waals surface area contributed by atoms with E-state index in [-0.39, 0.29) is 27.2 Å². The molecule has 0 spiro atoms. The van der Waals surface area contributed by atoms with Crippen molar-refractivity contribution in [3.63, 3.8) is 0 Å². The Morgan fingerprint density at radius 1 is 1.12 bits per heavy atom. The summed E-state index contributed by atoms with van der Waals surface area (Å²) in [6.45, 7) is 0.151. The van der Waals surface area contributed by atoms with Crippen LogP contribution in [0.1, 0.15) is 48.9 Å². The van der Waals surface area contributed by atoms with Crippen LogP contribution in [-0.4, -0.2) is 29.6 Å². The van der Waals surface area contributed by atoms with Crippen LogP contribution in [0.2, 0.25) is 15.1 Å². The minimum absolute atomic E-state index is 0.0521. The van der Waals surface area contributed by atoms with E-state index in [0.29, 0.717) is 6.42 Å². The Bertz CT molecular complexity index is 715. The Kier molecular flexibility index (Phi) is 7.55. The maximum atomic E-state index is 12.3. The molecule has 142 valence electrons. The molecule has 26 heavy (non-hydrogen) atoms. The van der Waals surface area contributed by atoms with Crippen LogP contribution >= 0.6 is 34.8 Å². The van der Waals surface area contributed by atoms with Gasteiger partial charge in [-0.15, -0.1) is 0 Å². The summed E-state index contributed by atoms with van der Waals surface area (Å²) in [6, 6.07) is 1.14. The molecule has 0 aromatic heterocycles. The van der Waals surface area contributed by atoms with Crippen molar-refractivity contribution < 1.29 is 29.0 Å². The van der Waals surface area contributed by atoms with Crippen LogP contribution in [0.25, 0.3) is 0 Å². The number of rotatable bonds is 7. The molecule has 0 unspecified atom stereocenters. The molecule has 1 aliphatic carbocycles. The number of esters is 2. The number of benzene rings is 1. The van der Waals surface area contributed by atoms with Crippen molar-refractivity contribution in [1.82, 2.24) is 0 Å². The van der Waals surface area contributed by atoms with Gasteiger partial charge in [0.05, 0.1) is 21.7 Å². The molecule has 0 atom stereocenters. The third-order valence-electron chi connectivity index (χ3n) is 4.16. The van der Waals surface area contributed by atoms with E-state index in [9.17, 15) is 14.4 Å². The normalized spacial score (nSPS) is 13.8. The fraction of sp³-hybridized carbons (Fsp3) is 0.471. The van der Waals surface area contributed by atoms with Crippen LogP contribution < -0.4 is 4.74 Å². The molecule has 1 fully saturated rings. The predicted molar refractivity (Wildman–Crippen MR) is 96.2 cm³/mol. The van der Waals surface area contributed by atoms with E-state index >= 15 is 0 Å². The van der Waals surface area contributed by atoms with Gasteiger partial charge in [0.1, 0.15) is 5.56 Å². The van der Waals surface area contributed by atoms with E-state index in [1.165, 1.54) is 19.3 Å². The van der Waals surface area contributed by atoms with Gasteiger partial charge in [-0.1, -0.05) is 60.5 Å². The van der Waals surface area contributed by atoms with E-state index in [0.717, 1.165) is 24.8 Å². The first-order chi connectivity index (χ1) is 12.3. The van der Waals surface area contributed by atoms with Crippen molar-refractivity contribution in [2.24, 2.45) is 5.92 Å². The average Bonchev–Trinajstić information content (AvgIpc) is 2.53. The average molecular weight is 424 g/mol.